The van der Waals surface area contributed by atoms with E-state index in [1.54, 1.807) is 0 Å². The molecule has 7 nitrogen and oxygen atoms in total. The third-order valence-electron chi connectivity index (χ3n) is 6.35. The van der Waals surface area contributed by atoms with Gasteiger partial charge < -0.3 is 10.1 Å². The fourth-order valence-corrected chi connectivity index (χ4v) is 4.74. The van der Waals surface area contributed by atoms with Gasteiger partial charge in [-0.3, -0.25) is 14.2 Å². The van der Waals surface area contributed by atoms with Crippen LogP contribution in [0.3, 0.4) is 0 Å². The summed E-state index contributed by atoms with van der Waals surface area (Å²) in [5, 5.41) is 14.2. The van der Waals surface area contributed by atoms with Crippen molar-refractivity contribution < 1.29 is 9.53 Å². The molecule has 0 spiro atoms. The molecule has 3 heterocycles. The van der Waals surface area contributed by atoms with E-state index in [0.29, 0.717) is 18.0 Å². The van der Waals surface area contributed by atoms with Gasteiger partial charge >= 0.3 is 0 Å². The highest BCUT2D eigenvalue weighted by Crippen LogP contribution is 2.25. The molecule has 0 aliphatic rings. The Morgan fingerprint density at radius 3 is 2.44 bits per heavy atom. The topological polar surface area (TPSA) is 74.0 Å². The third-order valence-corrected chi connectivity index (χ3v) is 7.33. The van der Waals surface area contributed by atoms with E-state index in [2.05, 4.69) is 42.4 Å². The van der Waals surface area contributed by atoms with Crippen LogP contribution >= 0.6 is 11.3 Å². The van der Waals surface area contributed by atoms with E-state index in [4.69, 9.17) is 4.74 Å². The van der Waals surface area contributed by atoms with Crippen LogP contribution in [-0.4, -0.2) is 25.5 Å². The number of aromatic nitrogens is 4. The maximum absolute atomic E-state index is 13.0. The van der Waals surface area contributed by atoms with E-state index in [9.17, 15) is 4.79 Å². The number of nitrogens with zero attached hydrogens (tertiary/aromatic N) is 4. The quantitative estimate of drug-likeness (QED) is 0.386. The van der Waals surface area contributed by atoms with Crippen molar-refractivity contribution in [2.24, 2.45) is 7.05 Å². The highest BCUT2D eigenvalue weighted by Gasteiger charge is 2.19. The summed E-state index contributed by atoms with van der Waals surface area (Å²) in [6.07, 6.45) is 0. The molecule has 1 N–H and O–H groups in total. The number of nitrogens with one attached hydrogen (secondary N) is 1. The molecule has 178 valence electrons. The van der Waals surface area contributed by atoms with Gasteiger partial charge in [0.05, 0.1) is 34.2 Å². The van der Waals surface area contributed by atoms with E-state index < -0.39 is 0 Å². The summed E-state index contributed by atoms with van der Waals surface area (Å²) in [7, 11) is 1.95. The number of hydrogen-bond acceptors (Lipinski definition) is 5. The van der Waals surface area contributed by atoms with E-state index in [-0.39, 0.29) is 5.91 Å². The molecule has 0 saturated heterocycles. The molecule has 34 heavy (non-hydrogen) atoms. The predicted octanol–water partition coefficient (Wildman–Crippen LogP) is 5.41. The fraction of sp³-hybridized carbons (Fsp3) is 0.346. The lowest BCUT2D eigenvalue weighted by Crippen LogP contribution is -2.12. The minimum atomic E-state index is -0.137. The molecule has 0 fully saturated rings. The average molecular weight is 478 g/mol. The van der Waals surface area contributed by atoms with Crippen LogP contribution in [0.5, 0.6) is 5.75 Å². The van der Waals surface area contributed by atoms with Crippen LogP contribution in [-0.2, 0) is 20.2 Å². The van der Waals surface area contributed by atoms with Crippen LogP contribution in [0.25, 0.3) is 0 Å². The van der Waals surface area contributed by atoms with Crippen LogP contribution in [0, 0.1) is 41.5 Å². The lowest BCUT2D eigenvalue weighted by molar-refractivity contribution is 0.103. The van der Waals surface area contributed by atoms with E-state index in [1.807, 2.05) is 60.8 Å². The Bertz CT molecular complexity index is 1360. The van der Waals surface area contributed by atoms with E-state index >= 15 is 0 Å². The summed E-state index contributed by atoms with van der Waals surface area (Å²) < 4.78 is 9.73. The molecule has 0 saturated carbocycles. The third kappa shape index (κ3) is 4.77. The van der Waals surface area contributed by atoms with Gasteiger partial charge in [-0.2, -0.15) is 10.2 Å². The van der Waals surface area contributed by atoms with Crippen molar-refractivity contribution in [3.05, 3.63) is 79.6 Å². The first-order valence-electron chi connectivity index (χ1n) is 11.3. The van der Waals surface area contributed by atoms with Crippen molar-refractivity contribution in [2.75, 3.05) is 5.32 Å². The molecule has 0 aliphatic heterocycles. The molecule has 0 atom stereocenters. The minimum Gasteiger partial charge on any atom is -0.489 e. The molecule has 0 radical (unpaired) electrons. The summed E-state index contributed by atoms with van der Waals surface area (Å²) in [6, 6.07) is 7.95. The van der Waals surface area contributed by atoms with Crippen LogP contribution in [0.1, 0.15) is 54.7 Å². The number of anilines is 1. The Balaban J connectivity index is 1.44. The minimum absolute atomic E-state index is 0.137. The summed E-state index contributed by atoms with van der Waals surface area (Å²) >= 11 is 1.42. The van der Waals surface area contributed by atoms with E-state index in [1.165, 1.54) is 22.5 Å². The molecule has 1 aromatic carbocycles. The highest BCUT2D eigenvalue weighted by molar-refractivity contribution is 7.12. The Morgan fingerprint density at radius 2 is 1.76 bits per heavy atom. The summed E-state index contributed by atoms with van der Waals surface area (Å²) in [5.74, 6) is 0.694. The zero-order valence-electron chi connectivity index (χ0n) is 20.8. The molecule has 3 aromatic heterocycles. The van der Waals surface area contributed by atoms with Gasteiger partial charge in [-0.1, -0.05) is 6.07 Å². The normalized spacial score (nSPS) is 11.1. The van der Waals surface area contributed by atoms with Gasteiger partial charge in [0, 0.05) is 23.9 Å². The van der Waals surface area contributed by atoms with E-state index in [0.717, 1.165) is 45.3 Å². The van der Waals surface area contributed by atoms with Crippen LogP contribution < -0.4 is 10.1 Å². The zero-order valence-corrected chi connectivity index (χ0v) is 21.6. The summed E-state index contributed by atoms with van der Waals surface area (Å²) in [6.45, 7) is 13.2. The molecule has 4 aromatic rings. The number of thiophene rings is 1. The van der Waals surface area contributed by atoms with Gasteiger partial charge in [0.15, 0.2) is 0 Å². The molecule has 0 aliphatic carbocycles. The number of amides is 1. The molecular formula is C26H31N5O2S. The zero-order chi connectivity index (χ0) is 24.6. The standard InChI is InChI=1S/C26H31N5O2S/c1-15-8-9-22(10-16(15)2)33-13-21-11-24(34-14-21)26(32)27-25-18(4)29-31(20(25)6)12-23-17(3)28-30(7)19(23)5/h8-11,14H,12-13H2,1-7H3,(H,27,32). The van der Waals surface area contributed by atoms with Crippen molar-refractivity contribution in [2.45, 2.75) is 54.7 Å². The van der Waals surface area contributed by atoms with Crippen LogP contribution in [0.15, 0.2) is 29.6 Å². The van der Waals surface area contributed by atoms with Crippen LogP contribution in [0.2, 0.25) is 0 Å². The van der Waals surface area contributed by atoms with Crippen molar-refractivity contribution in [1.29, 1.82) is 0 Å². The molecule has 0 bridgehead atoms. The van der Waals surface area contributed by atoms with Gasteiger partial charge in [0.1, 0.15) is 12.4 Å². The Labute approximate surface area is 204 Å². The van der Waals surface area contributed by atoms with Gasteiger partial charge in [-0.05, 0) is 76.2 Å². The molecule has 8 heteroatoms. The van der Waals surface area contributed by atoms with Gasteiger partial charge in [0.2, 0.25) is 0 Å². The number of hydrogen-bond donors (Lipinski definition) is 1. The second kappa shape index (κ2) is 9.46. The smallest absolute Gasteiger partial charge is 0.265 e. The lowest BCUT2D eigenvalue weighted by atomic mass is 10.1. The Hall–Kier alpha value is -3.39. The highest BCUT2D eigenvalue weighted by atomic mass is 32.1. The first-order valence-corrected chi connectivity index (χ1v) is 12.1. The monoisotopic (exact) mass is 477 g/mol. The van der Waals surface area contributed by atoms with Gasteiger partial charge in [0.25, 0.3) is 5.91 Å². The van der Waals surface area contributed by atoms with Crippen molar-refractivity contribution in [3.8, 4) is 5.75 Å². The molecule has 1 amide bonds. The number of carbonyl (C=O) groups is 1. The maximum atomic E-state index is 13.0. The molecular weight excluding hydrogens is 446 g/mol. The maximum Gasteiger partial charge on any atom is 0.265 e. The summed E-state index contributed by atoms with van der Waals surface area (Å²) in [5.41, 5.74) is 9.13. The number of benzene rings is 1. The lowest BCUT2D eigenvalue weighted by Gasteiger charge is -2.08. The molecule has 0 unspecified atom stereocenters. The van der Waals surface area contributed by atoms with Crippen molar-refractivity contribution in [3.63, 3.8) is 0 Å². The van der Waals surface area contributed by atoms with Crippen LogP contribution in [0.4, 0.5) is 5.69 Å². The first-order chi connectivity index (χ1) is 16.1. The first kappa shape index (κ1) is 23.8. The Kier molecular flexibility index (Phi) is 6.61. The largest absolute Gasteiger partial charge is 0.489 e. The van der Waals surface area contributed by atoms with Gasteiger partial charge in [-0.25, -0.2) is 0 Å². The Morgan fingerprint density at radius 1 is 1.00 bits per heavy atom. The SMILES string of the molecule is Cc1ccc(OCc2csc(C(=O)Nc3c(C)nn(Cc4c(C)nn(C)c4C)c3C)c2)cc1C. The van der Waals surface area contributed by atoms with Gasteiger partial charge in [-0.15, -0.1) is 11.3 Å². The number of carbonyl (C=O) groups excluding carboxylic acids is 1. The number of ether oxygens (including phenoxy) is 1. The summed E-state index contributed by atoms with van der Waals surface area (Å²) in [4.78, 5) is 13.6. The predicted molar refractivity (Wildman–Crippen MR) is 136 cm³/mol. The molecule has 4 rings (SSSR count). The fourth-order valence-electron chi connectivity index (χ4n) is 3.94. The average Bonchev–Trinajstić information content (AvgIpc) is 3.44. The number of rotatable bonds is 7. The van der Waals surface area contributed by atoms with Crippen molar-refractivity contribution >= 4 is 22.9 Å². The second-order valence-electron chi connectivity index (χ2n) is 8.78. The van der Waals surface area contributed by atoms with Crippen molar-refractivity contribution in [1.82, 2.24) is 19.6 Å². The second-order valence-corrected chi connectivity index (χ2v) is 9.70. The number of aryl methyl sites for hydroxylation is 5.